The molecule has 39 heavy (non-hydrogen) atoms. The lowest BCUT2D eigenvalue weighted by molar-refractivity contribution is 0.253. The summed E-state index contributed by atoms with van der Waals surface area (Å²) in [6.07, 6.45) is 18.4. The molecule has 1 aliphatic carbocycles. The van der Waals surface area contributed by atoms with E-state index in [0.29, 0.717) is 12.0 Å². The standard InChI is InChI=1S/C36H45ClF2/c1-2-3-4-5-6-27-7-9-28(10-8-27)11-12-29-13-15-30(16-14-29)17-18-31-19-21-32(22-20-31)23-24-33-25-34(38)36(37)35(39)26-33/h7-10,19-22,25-26,29-30H,2-6,11-18,23-24H2,1H3. The van der Waals surface area contributed by atoms with Crippen molar-refractivity contribution in [3.05, 3.63) is 105 Å². The average Bonchev–Trinajstić information content (AvgIpc) is 2.96. The zero-order chi connectivity index (χ0) is 27.5. The molecule has 0 aliphatic heterocycles. The van der Waals surface area contributed by atoms with Crippen LogP contribution in [0, 0.1) is 23.5 Å². The van der Waals surface area contributed by atoms with Crippen LogP contribution in [0.2, 0.25) is 5.02 Å². The third-order valence-corrected chi connectivity index (χ3v) is 9.12. The zero-order valence-electron chi connectivity index (χ0n) is 23.7. The first kappa shape index (κ1) is 29.8. The van der Waals surface area contributed by atoms with Gasteiger partial charge in [0.25, 0.3) is 0 Å². The smallest absolute Gasteiger partial charge is 0.145 e. The lowest BCUT2D eigenvalue weighted by Crippen LogP contribution is -2.15. The molecule has 0 heterocycles. The number of rotatable bonds is 14. The van der Waals surface area contributed by atoms with Gasteiger partial charge >= 0.3 is 0 Å². The fourth-order valence-electron chi connectivity index (χ4n) is 6.09. The molecule has 0 amide bonds. The van der Waals surface area contributed by atoms with Gasteiger partial charge in [0.15, 0.2) is 0 Å². The van der Waals surface area contributed by atoms with E-state index in [1.54, 1.807) is 0 Å². The van der Waals surface area contributed by atoms with Crippen molar-refractivity contribution < 1.29 is 8.78 Å². The molecule has 3 heteroatoms. The summed E-state index contributed by atoms with van der Waals surface area (Å²) in [5, 5.41) is -0.425. The topological polar surface area (TPSA) is 0 Å². The summed E-state index contributed by atoms with van der Waals surface area (Å²) in [6.45, 7) is 2.27. The Balaban J connectivity index is 1.11. The first-order chi connectivity index (χ1) is 19.0. The van der Waals surface area contributed by atoms with E-state index in [1.807, 2.05) is 0 Å². The molecule has 0 N–H and O–H groups in total. The van der Waals surface area contributed by atoms with Crippen LogP contribution in [0.25, 0.3) is 0 Å². The van der Waals surface area contributed by atoms with Gasteiger partial charge in [0, 0.05) is 0 Å². The molecule has 0 aromatic heterocycles. The van der Waals surface area contributed by atoms with Crippen LogP contribution < -0.4 is 0 Å². The van der Waals surface area contributed by atoms with Gasteiger partial charge < -0.3 is 0 Å². The molecule has 0 spiro atoms. The van der Waals surface area contributed by atoms with E-state index >= 15 is 0 Å². The highest BCUT2D eigenvalue weighted by atomic mass is 35.5. The monoisotopic (exact) mass is 550 g/mol. The van der Waals surface area contributed by atoms with Gasteiger partial charge in [0.05, 0.1) is 0 Å². The van der Waals surface area contributed by atoms with Crippen molar-refractivity contribution in [3.63, 3.8) is 0 Å². The Morgan fingerprint density at radius 2 is 0.974 bits per heavy atom. The molecule has 1 aliphatic rings. The third kappa shape index (κ3) is 9.75. The maximum Gasteiger partial charge on any atom is 0.145 e. The Kier molecular flexibility index (Phi) is 11.9. The molecule has 0 unspecified atom stereocenters. The second-order valence-corrected chi connectivity index (χ2v) is 12.2. The number of aryl methyl sites for hydroxylation is 5. The van der Waals surface area contributed by atoms with Crippen molar-refractivity contribution in [2.24, 2.45) is 11.8 Å². The summed E-state index contributed by atoms with van der Waals surface area (Å²) < 4.78 is 27.4. The predicted octanol–water partition coefficient (Wildman–Crippen LogP) is 10.9. The SMILES string of the molecule is CCCCCCc1ccc(CCC2CCC(CCc3ccc(CCc4cc(F)c(Cl)c(F)c4)cc3)CC2)cc1. The quantitative estimate of drug-likeness (QED) is 0.138. The van der Waals surface area contributed by atoms with E-state index in [1.165, 1.54) is 111 Å². The Morgan fingerprint density at radius 1 is 0.564 bits per heavy atom. The van der Waals surface area contributed by atoms with Gasteiger partial charge in [-0.3, -0.25) is 0 Å². The van der Waals surface area contributed by atoms with Crippen LogP contribution in [0.15, 0.2) is 60.7 Å². The largest absolute Gasteiger partial charge is 0.205 e. The molecule has 3 aromatic rings. The van der Waals surface area contributed by atoms with Crippen LogP contribution in [0.3, 0.4) is 0 Å². The Labute approximate surface area is 240 Å². The maximum atomic E-state index is 13.7. The van der Waals surface area contributed by atoms with Gasteiger partial charge in [-0.05, 0) is 103 Å². The van der Waals surface area contributed by atoms with Crippen molar-refractivity contribution in [2.45, 2.75) is 103 Å². The first-order valence-corrected chi connectivity index (χ1v) is 15.7. The highest BCUT2D eigenvalue weighted by Gasteiger charge is 2.21. The summed E-state index contributed by atoms with van der Waals surface area (Å²) in [5.41, 5.74) is 6.22. The number of benzene rings is 3. The van der Waals surface area contributed by atoms with Gasteiger partial charge in [-0.1, -0.05) is 112 Å². The van der Waals surface area contributed by atoms with Crippen molar-refractivity contribution in [3.8, 4) is 0 Å². The second kappa shape index (κ2) is 15.6. The fourth-order valence-corrected chi connectivity index (χ4v) is 6.20. The second-order valence-electron chi connectivity index (χ2n) is 11.8. The zero-order valence-corrected chi connectivity index (χ0v) is 24.4. The van der Waals surface area contributed by atoms with Crippen LogP contribution in [0.4, 0.5) is 8.78 Å². The molecule has 1 saturated carbocycles. The van der Waals surface area contributed by atoms with Crippen molar-refractivity contribution >= 4 is 11.6 Å². The van der Waals surface area contributed by atoms with Crippen LogP contribution in [-0.4, -0.2) is 0 Å². The van der Waals surface area contributed by atoms with Crippen molar-refractivity contribution in [2.75, 3.05) is 0 Å². The third-order valence-electron chi connectivity index (χ3n) is 8.76. The molecule has 0 radical (unpaired) electrons. The number of hydrogen-bond donors (Lipinski definition) is 0. The molecule has 4 rings (SSSR count). The lowest BCUT2D eigenvalue weighted by Gasteiger charge is -2.28. The van der Waals surface area contributed by atoms with Crippen molar-refractivity contribution in [1.82, 2.24) is 0 Å². The van der Waals surface area contributed by atoms with Gasteiger partial charge in [-0.2, -0.15) is 0 Å². The molecule has 210 valence electrons. The first-order valence-electron chi connectivity index (χ1n) is 15.3. The Hall–Kier alpha value is -2.19. The van der Waals surface area contributed by atoms with Gasteiger partial charge in [-0.25, -0.2) is 8.78 Å². The maximum absolute atomic E-state index is 13.7. The Morgan fingerprint density at radius 3 is 1.44 bits per heavy atom. The van der Waals surface area contributed by atoms with E-state index in [9.17, 15) is 8.78 Å². The van der Waals surface area contributed by atoms with Crippen LogP contribution >= 0.6 is 11.6 Å². The molecule has 0 bridgehead atoms. The van der Waals surface area contributed by atoms with Gasteiger partial charge in [-0.15, -0.1) is 0 Å². The summed E-state index contributed by atoms with van der Waals surface area (Å²) in [7, 11) is 0. The van der Waals surface area contributed by atoms with Gasteiger partial charge in [0.1, 0.15) is 16.7 Å². The molecule has 0 saturated heterocycles. The summed E-state index contributed by atoms with van der Waals surface area (Å²) in [4.78, 5) is 0. The highest BCUT2D eigenvalue weighted by molar-refractivity contribution is 6.30. The molecular formula is C36H45ClF2. The Bertz CT molecular complexity index is 1100. The van der Waals surface area contributed by atoms with Crippen molar-refractivity contribution in [1.29, 1.82) is 0 Å². The molecule has 3 aromatic carbocycles. The predicted molar refractivity (Wildman–Crippen MR) is 162 cm³/mol. The van der Waals surface area contributed by atoms with E-state index < -0.39 is 16.7 Å². The number of hydrogen-bond acceptors (Lipinski definition) is 0. The van der Waals surface area contributed by atoms with E-state index in [4.69, 9.17) is 11.6 Å². The molecular weight excluding hydrogens is 506 g/mol. The summed E-state index contributed by atoms with van der Waals surface area (Å²) in [5.74, 6) is 0.364. The van der Waals surface area contributed by atoms with E-state index in [0.717, 1.165) is 24.7 Å². The summed E-state index contributed by atoms with van der Waals surface area (Å²) >= 11 is 5.59. The molecule has 0 atom stereocenters. The minimum atomic E-state index is -0.686. The molecule has 1 fully saturated rings. The van der Waals surface area contributed by atoms with Crippen LogP contribution in [0.1, 0.15) is 98.9 Å². The summed E-state index contributed by atoms with van der Waals surface area (Å²) in [6, 6.07) is 20.9. The average molecular weight is 551 g/mol. The minimum absolute atomic E-state index is 0.425. The number of unbranched alkanes of at least 4 members (excludes halogenated alkanes) is 3. The van der Waals surface area contributed by atoms with E-state index in [-0.39, 0.29) is 0 Å². The van der Waals surface area contributed by atoms with E-state index in [2.05, 4.69) is 55.5 Å². The van der Waals surface area contributed by atoms with Crippen LogP contribution in [0.5, 0.6) is 0 Å². The minimum Gasteiger partial charge on any atom is -0.205 e. The normalized spacial score (nSPS) is 17.4. The van der Waals surface area contributed by atoms with Gasteiger partial charge in [0.2, 0.25) is 0 Å². The highest BCUT2D eigenvalue weighted by Crippen LogP contribution is 2.34. The van der Waals surface area contributed by atoms with Crippen LogP contribution in [-0.2, 0) is 32.1 Å². The lowest BCUT2D eigenvalue weighted by atomic mass is 9.77. The number of halogens is 3. The molecule has 0 nitrogen and oxygen atoms in total. The fraction of sp³-hybridized carbons (Fsp3) is 0.500.